The third-order valence-corrected chi connectivity index (χ3v) is 3.36. The van der Waals surface area contributed by atoms with Crippen molar-refractivity contribution in [3.8, 4) is 0 Å². The molecule has 1 aliphatic rings. The molecule has 1 heterocycles. The molecule has 0 aromatic heterocycles. The van der Waals surface area contributed by atoms with Gasteiger partial charge >= 0.3 is 0 Å². The summed E-state index contributed by atoms with van der Waals surface area (Å²) in [6.07, 6.45) is 3.78. The molecule has 3 heteroatoms. The van der Waals surface area contributed by atoms with Crippen LogP contribution in [0.4, 0.5) is 5.69 Å². The van der Waals surface area contributed by atoms with Gasteiger partial charge in [-0.05, 0) is 43.5 Å². The molecule has 0 aliphatic carbocycles. The minimum absolute atomic E-state index is 0.139. The van der Waals surface area contributed by atoms with Crippen LogP contribution < -0.4 is 10.6 Å². The highest BCUT2D eigenvalue weighted by atomic mass is 15.2. The predicted molar refractivity (Wildman–Crippen MR) is 68.1 cm³/mol. The lowest BCUT2D eigenvalue weighted by molar-refractivity contribution is 0.645. The standard InChI is InChI=1S/C13H19N3/c1-2-11-4-3-9-16(11)12-7-5-10(6-8-12)13(14)15/h5-8,11H,2-4,9H2,1H3,(H3,14,15). The Morgan fingerprint density at radius 3 is 2.69 bits per heavy atom. The van der Waals surface area contributed by atoms with Gasteiger partial charge in [-0.3, -0.25) is 5.41 Å². The molecule has 2 rings (SSSR count). The second-order valence-electron chi connectivity index (χ2n) is 4.36. The maximum absolute atomic E-state index is 7.36. The minimum atomic E-state index is 0.139. The molecule has 1 aromatic carbocycles. The van der Waals surface area contributed by atoms with Crippen molar-refractivity contribution in [1.29, 1.82) is 5.41 Å². The van der Waals surface area contributed by atoms with Crippen molar-refractivity contribution in [1.82, 2.24) is 0 Å². The highest BCUT2D eigenvalue weighted by Crippen LogP contribution is 2.27. The average molecular weight is 217 g/mol. The monoisotopic (exact) mass is 217 g/mol. The van der Waals surface area contributed by atoms with Crippen molar-refractivity contribution in [2.45, 2.75) is 32.2 Å². The third-order valence-electron chi connectivity index (χ3n) is 3.36. The second-order valence-corrected chi connectivity index (χ2v) is 4.36. The van der Waals surface area contributed by atoms with E-state index in [0.717, 1.165) is 12.1 Å². The molecule has 3 nitrogen and oxygen atoms in total. The molecule has 1 atom stereocenters. The van der Waals surface area contributed by atoms with Crippen LogP contribution in [0.15, 0.2) is 24.3 Å². The Morgan fingerprint density at radius 1 is 1.44 bits per heavy atom. The zero-order chi connectivity index (χ0) is 11.5. The molecular formula is C13H19N3. The van der Waals surface area contributed by atoms with Gasteiger partial charge in [-0.15, -0.1) is 0 Å². The molecule has 1 fully saturated rings. The van der Waals surface area contributed by atoms with Crippen LogP contribution in [-0.2, 0) is 0 Å². The Hall–Kier alpha value is -1.51. The van der Waals surface area contributed by atoms with Gasteiger partial charge in [-0.25, -0.2) is 0 Å². The molecular weight excluding hydrogens is 198 g/mol. The molecule has 1 aliphatic heterocycles. The fourth-order valence-electron chi connectivity index (χ4n) is 2.43. The largest absolute Gasteiger partial charge is 0.384 e. The summed E-state index contributed by atoms with van der Waals surface area (Å²) in [5.74, 6) is 0.139. The number of benzene rings is 1. The number of hydrogen-bond donors (Lipinski definition) is 2. The summed E-state index contributed by atoms with van der Waals surface area (Å²) in [6, 6.07) is 8.70. The smallest absolute Gasteiger partial charge is 0.122 e. The van der Waals surface area contributed by atoms with E-state index in [0.29, 0.717) is 6.04 Å². The van der Waals surface area contributed by atoms with Crippen LogP contribution in [0.3, 0.4) is 0 Å². The Morgan fingerprint density at radius 2 is 2.12 bits per heavy atom. The van der Waals surface area contributed by atoms with Crippen molar-refractivity contribution in [2.24, 2.45) is 5.73 Å². The first-order chi connectivity index (χ1) is 7.72. The van der Waals surface area contributed by atoms with Gasteiger partial charge in [0.25, 0.3) is 0 Å². The van der Waals surface area contributed by atoms with Gasteiger partial charge in [0.15, 0.2) is 0 Å². The van der Waals surface area contributed by atoms with Crippen LogP contribution in [0.2, 0.25) is 0 Å². The number of nitrogens with two attached hydrogens (primary N) is 1. The van der Waals surface area contributed by atoms with E-state index in [2.05, 4.69) is 24.0 Å². The van der Waals surface area contributed by atoms with Gasteiger partial charge in [0.1, 0.15) is 5.84 Å². The Bertz CT molecular complexity index is 369. The van der Waals surface area contributed by atoms with Crippen LogP contribution in [-0.4, -0.2) is 18.4 Å². The van der Waals surface area contributed by atoms with Crippen molar-refractivity contribution in [3.05, 3.63) is 29.8 Å². The van der Waals surface area contributed by atoms with E-state index in [1.807, 2.05) is 12.1 Å². The van der Waals surface area contributed by atoms with E-state index in [1.54, 1.807) is 0 Å². The van der Waals surface area contributed by atoms with Crippen LogP contribution in [0.5, 0.6) is 0 Å². The van der Waals surface area contributed by atoms with E-state index in [9.17, 15) is 0 Å². The lowest BCUT2D eigenvalue weighted by Gasteiger charge is -2.26. The second kappa shape index (κ2) is 4.56. The summed E-state index contributed by atoms with van der Waals surface area (Å²) in [7, 11) is 0. The van der Waals surface area contributed by atoms with E-state index in [4.69, 9.17) is 11.1 Å². The van der Waals surface area contributed by atoms with E-state index < -0.39 is 0 Å². The molecule has 1 unspecified atom stereocenters. The van der Waals surface area contributed by atoms with Crippen LogP contribution in [0, 0.1) is 5.41 Å². The molecule has 3 N–H and O–H groups in total. The zero-order valence-corrected chi connectivity index (χ0v) is 9.74. The van der Waals surface area contributed by atoms with Gasteiger partial charge < -0.3 is 10.6 Å². The topological polar surface area (TPSA) is 53.1 Å². The molecule has 16 heavy (non-hydrogen) atoms. The fourth-order valence-corrected chi connectivity index (χ4v) is 2.43. The van der Waals surface area contributed by atoms with Crippen LogP contribution in [0.1, 0.15) is 31.7 Å². The van der Waals surface area contributed by atoms with Crippen LogP contribution in [0.25, 0.3) is 0 Å². The number of amidine groups is 1. The summed E-state index contributed by atoms with van der Waals surface area (Å²) in [6.45, 7) is 3.39. The van der Waals surface area contributed by atoms with Crippen molar-refractivity contribution < 1.29 is 0 Å². The maximum Gasteiger partial charge on any atom is 0.122 e. The third kappa shape index (κ3) is 2.03. The summed E-state index contributed by atoms with van der Waals surface area (Å²) in [5.41, 5.74) is 7.50. The Kier molecular flexibility index (Phi) is 3.13. The number of anilines is 1. The van der Waals surface area contributed by atoms with Crippen molar-refractivity contribution in [2.75, 3.05) is 11.4 Å². The normalized spacial score (nSPS) is 20.1. The highest BCUT2D eigenvalue weighted by Gasteiger charge is 2.22. The molecule has 0 saturated carbocycles. The molecule has 1 saturated heterocycles. The molecule has 0 radical (unpaired) electrons. The fraction of sp³-hybridized carbons (Fsp3) is 0.462. The molecule has 0 amide bonds. The lowest BCUT2D eigenvalue weighted by atomic mass is 10.1. The summed E-state index contributed by atoms with van der Waals surface area (Å²) in [4.78, 5) is 2.46. The first-order valence-electron chi connectivity index (χ1n) is 5.93. The summed E-state index contributed by atoms with van der Waals surface area (Å²) >= 11 is 0. The summed E-state index contributed by atoms with van der Waals surface area (Å²) < 4.78 is 0. The van der Waals surface area contributed by atoms with Crippen LogP contribution >= 0.6 is 0 Å². The van der Waals surface area contributed by atoms with E-state index >= 15 is 0 Å². The quantitative estimate of drug-likeness (QED) is 0.603. The first-order valence-corrected chi connectivity index (χ1v) is 5.93. The number of nitrogen functional groups attached to an aromatic ring is 1. The SMILES string of the molecule is CCC1CCCN1c1ccc(C(=N)N)cc1. The van der Waals surface area contributed by atoms with Crippen molar-refractivity contribution >= 4 is 11.5 Å². The van der Waals surface area contributed by atoms with Gasteiger partial charge in [0, 0.05) is 23.8 Å². The average Bonchev–Trinajstić information content (AvgIpc) is 2.77. The van der Waals surface area contributed by atoms with Crippen molar-refractivity contribution in [3.63, 3.8) is 0 Å². The Labute approximate surface area is 96.8 Å². The number of rotatable bonds is 3. The number of hydrogen-bond acceptors (Lipinski definition) is 2. The number of nitrogens with one attached hydrogen (secondary N) is 1. The Balaban J connectivity index is 2.18. The predicted octanol–water partition coefficient (Wildman–Crippen LogP) is 2.35. The molecule has 0 spiro atoms. The van der Waals surface area contributed by atoms with Gasteiger partial charge in [-0.1, -0.05) is 6.92 Å². The molecule has 0 bridgehead atoms. The number of nitrogens with zero attached hydrogens (tertiary/aromatic N) is 1. The highest BCUT2D eigenvalue weighted by molar-refractivity contribution is 5.95. The maximum atomic E-state index is 7.36. The first kappa shape index (κ1) is 11.0. The minimum Gasteiger partial charge on any atom is -0.384 e. The molecule has 86 valence electrons. The molecule has 1 aromatic rings. The van der Waals surface area contributed by atoms with Gasteiger partial charge in [0.2, 0.25) is 0 Å². The van der Waals surface area contributed by atoms with Gasteiger partial charge in [0.05, 0.1) is 0 Å². The summed E-state index contributed by atoms with van der Waals surface area (Å²) in [5, 5.41) is 7.36. The van der Waals surface area contributed by atoms with E-state index in [-0.39, 0.29) is 5.84 Å². The van der Waals surface area contributed by atoms with Gasteiger partial charge in [-0.2, -0.15) is 0 Å². The zero-order valence-electron chi connectivity index (χ0n) is 9.74. The lowest BCUT2D eigenvalue weighted by Crippen LogP contribution is -2.28. The van der Waals surface area contributed by atoms with E-state index in [1.165, 1.54) is 24.9 Å².